The average Bonchev–Trinajstić information content (AvgIpc) is 2.95. The highest BCUT2D eigenvalue weighted by atomic mass is 16.7. The molecule has 0 bridgehead atoms. The van der Waals surface area contributed by atoms with Gasteiger partial charge in [-0.1, -0.05) is 35.5 Å². The van der Waals surface area contributed by atoms with Gasteiger partial charge < -0.3 is 0 Å². The minimum absolute atomic E-state index is 0.0760. The van der Waals surface area contributed by atoms with Crippen LogP contribution in [0.25, 0.3) is 0 Å². The van der Waals surface area contributed by atoms with Crippen LogP contribution in [0, 0.1) is 0 Å². The van der Waals surface area contributed by atoms with Gasteiger partial charge in [0.15, 0.2) is 0 Å². The van der Waals surface area contributed by atoms with Crippen molar-refractivity contribution in [1.82, 2.24) is 20.1 Å². The first-order valence-corrected chi connectivity index (χ1v) is 5.92. The zero-order valence-corrected chi connectivity index (χ0v) is 11.1. The van der Waals surface area contributed by atoms with E-state index in [9.17, 15) is 4.79 Å². The van der Waals surface area contributed by atoms with Crippen LogP contribution in [-0.4, -0.2) is 40.1 Å². The summed E-state index contributed by atoms with van der Waals surface area (Å²) >= 11 is 0. The quantitative estimate of drug-likeness (QED) is 0.782. The fourth-order valence-electron chi connectivity index (χ4n) is 1.80. The molecule has 6 heteroatoms. The maximum Gasteiger partial charge on any atom is 0.297 e. The van der Waals surface area contributed by atoms with Crippen molar-refractivity contribution >= 4 is 5.91 Å². The monoisotopic (exact) mass is 260 g/mol. The normalized spacial score (nSPS) is 12.2. The number of hydroxylamine groups is 2. The summed E-state index contributed by atoms with van der Waals surface area (Å²) in [7, 11) is 2.99. The fourth-order valence-corrected chi connectivity index (χ4v) is 1.80. The number of hydrogen-bond acceptors (Lipinski definition) is 4. The summed E-state index contributed by atoms with van der Waals surface area (Å²) in [6.07, 6.45) is 1.44. The van der Waals surface area contributed by atoms with Gasteiger partial charge in [-0.05, 0) is 12.5 Å². The summed E-state index contributed by atoms with van der Waals surface area (Å²) in [5.41, 5.74) is 1.45. The molecule has 0 saturated heterocycles. The Labute approximate surface area is 111 Å². The second-order valence-corrected chi connectivity index (χ2v) is 4.14. The summed E-state index contributed by atoms with van der Waals surface area (Å²) in [5, 5.41) is 8.96. The highest BCUT2D eigenvalue weighted by Crippen LogP contribution is 2.18. The number of hydrogen-bond donors (Lipinski definition) is 0. The molecule has 1 heterocycles. The predicted octanol–water partition coefficient (Wildman–Crippen LogP) is 1.52. The third-order valence-corrected chi connectivity index (χ3v) is 3.00. The second kappa shape index (κ2) is 5.62. The minimum Gasteiger partial charge on any atom is -0.274 e. The molecule has 1 unspecified atom stereocenters. The van der Waals surface area contributed by atoms with Crippen molar-refractivity contribution in [2.24, 2.45) is 0 Å². The molecule has 2 aromatic rings. The van der Waals surface area contributed by atoms with E-state index in [1.54, 1.807) is 11.7 Å². The van der Waals surface area contributed by atoms with Gasteiger partial charge in [-0.2, -0.15) is 0 Å². The van der Waals surface area contributed by atoms with Gasteiger partial charge in [0.25, 0.3) is 5.91 Å². The first-order chi connectivity index (χ1) is 9.15. The molecule has 19 heavy (non-hydrogen) atoms. The van der Waals surface area contributed by atoms with Crippen LogP contribution in [0.3, 0.4) is 0 Å². The van der Waals surface area contributed by atoms with E-state index in [-0.39, 0.29) is 11.9 Å². The molecular weight excluding hydrogens is 244 g/mol. The molecule has 0 aliphatic carbocycles. The molecule has 0 radical (unpaired) electrons. The molecule has 0 saturated carbocycles. The molecule has 0 aliphatic heterocycles. The molecule has 2 rings (SSSR count). The number of amides is 1. The Balaban J connectivity index is 2.32. The standard InChI is InChI=1S/C13H16N4O2/c1-10(11-7-5-4-6-8-11)17-12(9-14-15-17)13(18)16(2)19-3/h4-10H,1-3H3. The fraction of sp³-hybridized carbons (Fsp3) is 0.308. The Hall–Kier alpha value is -2.21. The summed E-state index contributed by atoms with van der Waals surface area (Å²) in [4.78, 5) is 17.0. The Kier molecular flexibility index (Phi) is 3.91. The lowest BCUT2D eigenvalue weighted by molar-refractivity contribution is -0.0764. The SMILES string of the molecule is CON(C)C(=O)c1cnnn1C(C)c1ccccc1. The molecule has 1 aromatic heterocycles. The van der Waals surface area contributed by atoms with E-state index < -0.39 is 0 Å². The van der Waals surface area contributed by atoms with Crippen LogP contribution in [-0.2, 0) is 4.84 Å². The largest absolute Gasteiger partial charge is 0.297 e. The Morgan fingerprint density at radius 2 is 2.05 bits per heavy atom. The van der Waals surface area contributed by atoms with Gasteiger partial charge in [-0.25, -0.2) is 9.75 Å². The zero-order chi connectivity index (χ0) is 13.8. The highest BCUT2D eigenvalue weighted by molar-refractivity contribution is 5.91. The van der Waals surface area contributed by atoms with E-state index in [2.05, 4.69) is 10.3 Å². The van der Waals surface area contributed by atoms with E-state index >= 15 is 0 Å². The van der Waals surface area contributed by atoms with Crippen molar-refractivity contribution < 1.29 is 9.63 Å². The molecule has 1 aromatic carbocycles. The van der Waals surface area contributed by atoms with Crippen LogP contribution >= 0.6 is 0 Å². The third kappa shape index (κ3) is 2.63. The first-order valence-electron chi connectivity index (χ1n) is 5.92. The van der Waals surface area contributed by atoms with E-state index in [0.717, 1.165) is 10.6 Å². The number of carbonyl (C=O) groups is 1. The smallest absolute Gasteiger partial charge is 0.274 e. The number of carbonyl (C=O) groups excluding carboxylic acids is 1. The maximum atomic E-state index is 12.1. The van der Waals surface area contributed by atoms with Crippen molar-refractivity contribution in [3.05, 3.63) is 47.8 Å². The molecule has 100 valence electrons. The summed E-state index contributed by atoms with van der Waals surface area (Å²) < 4.78 is 1.59. The Morgan fingerprint density at radius 1 is 1.37 bits per heavy atom. The van der Waals surface area contributed by atoms with Crippen molar-refractivity contribution in [1.29, 1.82) is 0 Å². The Bertz CT molecular complexity index is 553. The minimum atomic E-state index is -0.282. The molecule has 0 N–H and O–H groups in total. The topological polar surface area (TPSA) is 60.2 Å². The third-order valence-electron chi connectivity index (χ3n) is 3.00. The van der Waals surface area contributed by atoms with Gasteiger partial charge in [0.2, 0.25) is 0 Å². The molecular formula is C13H16N4O2. The lowest BCUT2D eigenvalue weighted by atomic mass is 10.1. The number of rotatable bonds is 4. The number of benzene rings is 1. The van der Waals surface area contributed by atoms with E-state index in [4.69, 9.17) is 4.84 Å². The molecule has 0 aliphatic rings. The van der Waals surface area contributed by atoms with Crippen molar-refractivity contribution in [3.8, 4) is 0 Å². The van der Waals surface area contributed by atoms with E-state index in [1.165, 1.54) is 13.3 Å². The summed E-state index contributed by atoms with van der Waals surface area (Å²) in [5.74, 6) is -0.282. The average molecular weight is 260 g/mol. The molecule has 1 amide bonds. The molecule has 1 atom stereocenters. The lowest BCUT2D eigenvalue weighted by Gasteiger charge is -2.17. The molecule has 0 fully saturated rings. The van der Waals surface area contributed by atoms with Crippen molar-refractivity contribution in [3.63, 3.8) is 0 Å². The summed E-state index contributed by atoms with van der Waals surface area (Å²) in [6, 6.07) is 9.74. The van der Waals surface area contributed by atoms with Gasteiger partial charge in [-0.3, -0.25) is 9.63 Å². The van der Waals surface area contributed by atoms with Gasteiger partial charge in [0, 0.05) is 7.05 Å². The van der Waals surface area contributed by atoms with Gasteiger partial charge >= 0.3 is 0 Å². The highest BCUT2D eigenvalue weighted by Gasteiger charge is 2.21. The predicted molar refractivity (Wildman–Crippen MR) is 69.4 cm³/mol. The van der Waals surface area contributed by atoms with Crippen LogP contribution in [0.1, 0.15) is 29.0 Å². The number of aromatic nitrogens is 3. The molecule has 6 nitrogen and oxygen atoms in total. The van der Waals surface area contributed by atoms with Gasteiger partial charge in [0.1, 0.15) is 5.69 Å². The van der Waals surface area contributed by atoms with Crippen LogP contribution in [0.15, 0.2) is 36.5 Å². The van der Waals surface area contributed by atoms with Crippen LogP contribution in [0.4, 0.5) is 0 Å². The van der Waals surface area contributed by atoms with Gasteiger partial charge in [-0.15, -0.1) is 5.10 Å². The number of nitrogens with zero attached hydrogens (tertiary/aromatic N) is 4. The maximum absolute atomic E-state index is 12.1. The zero-order valence-electron chi connectivity index (χ0n) is 11.1. The Morgan fingerprint density at radius 3 is 2.68 bits per heavy atom. The summed E-state index contributed by atoms with van der Waals surface area (Å²) in [6.45, 7) is 1.97. The molecule has 0 spiro atoms. The van der Waals surface area contributed by atoms with Crippen molar-refractivity contribution in [2.45, 2.75) is 13.0 Å². The second-order valence-electron chi connectivity index (χ2n) is 4.14. The van der Waals surface area contributed by atoms with E-state index in [0.29, 0.717) is 5.69 Å². The van der Waals surface area contributed by atoms with Crippen LogP contribution in [0.5, 0.6) is 0 Å². The van der Waals surface area contributed by atoms with E-state index in [1.807, 2.05) is 37.3 Å². The van der Waals surface area contributed by atoms with Gasteiger partial charge in [0.05, 0.1) is 19.3 Å². The lowest BCUT2D eigenvalue weighted by Crippen LogP contribution is -2.28. The van der Waals surface area contributed by atoms with Crippen molar-refractivity contribution in [2.75, 3.05) is 14.2 Å². The van der Waals surface area contributed by atoms with Crippen LogP contribution < -0.4 is 0 Å². The van der Waals surface area contributed by atoms with Crippen LogP contribution in [0.2, 0.25) is 0 Å². The first kappa shape index (κ1) is 13.2.